The van der Waals surface area contributed by atoms with Gasteiger partial charge in [-0.1, -0.05) is 28.9 Å². The van der Waals surface area contributed by atoms with Crippen molar-refractivity contribution in [3.8, 4) is 0 Å². The quantitative estimate of drug-likeness (QED) is 0.607. The number of rotatable bonds is 5. The molecule has 0 aromatic heterocycles. The molecule has 1 amide bonds. The summed E-state index contributed by atoms with van der Waals surface area (Å²) < 4.78 is 0. The molecule has 0 N–H and O–H groups in total. The van der Waals surface area contributed by atoms with E-state index in [-0.39, 0.29) is 11.7 Å². The van der Waals surface area contributed by atoms with Gasteiger partial charge in [0.25, 0.3) is 11.7 Å². The predicted molar refractivity (Wildman–Crippen MR) is 84.8 cm³/mol. The number of hydrogen-bond acceptors (Lipinski definition) is 2. The Hall–Kier alpha value is -1.16. The van der Waals surface area contributed by atoms with Gasteiger partial charge in [-0.05, 0) is 49.8 Å². The van der Waals surface area contributed by atoms with Crippen molar-refractivity contribution in [2.45, 2.75) is 33.6 Å². The van der Waals surface area contributed by atoms with E-state index >= 15 is 0 Å². The first kappa shape index (κ1) is 15.2. The smallest absolute Gasteiger partial charge is 0.299 e. The second-order valence-corrected chi connectivity index (χ2v) is 6.43. The number of anilines is 1. The van der Waals surface area contributed by atoms with Crippen molar-refractivity contribution in [2.24, 2.45) is 5.92 Å². The number of aryl methyl sites for hydroxylation is 2. The van der Waals surface area contributed by atoms with E-state index in [2.05, 4.69) is 22.9 Å². The van der Waals surface area contributed by atoms with Crippen molar-refractivity contribution in [1.82, 2.24) is 0 Å². The molecule has 1 aromatic rings. The van der Waals surface area contributed by atoms with Crippen LogP contribution >= 0.6 is 15.9 Å². The zero-order valence-corrected chi connectivity index (χ0v) is 13.8. The van der Waals surface area contributed by atoms with Gasteiger partial charge in [0.05, 0.1) is 11.3 Å². The molecule has 3 nitrogen and oxygen atoms in total. The van der Waals surface area contributed by atoms with Crippen LogP contribution in [0.3, 0.4) is 0 Å². The normalized spacial score (nSPS) is 15.7. The van der Waals surface area contributed by atoms with Crippen LogP contribution in [0, 0.1) is 19.8 Å². The highest BCUT2D eigenvalue weighted by Gasteiger charge is 2.36. The lowest BCUT2D eigenvalue weighted by molar-refractivity contribution is -0.114. The molecule has 0 saturated carbocycles. The van der Waals surface area contributed by atoms with Gasteiger partial charge in [0.1, 0.15) is 0 Å². The van der Waals surface area contributed by atoms with Gasteiger partial charge in [-0.2, -0.15) is 0 Å². The minimum absolute atomic E-state index is 0.356. The van der Waals surface area contributed by atoms with Crippen molar-refractivity contribution >= 4 is 33.3 Å². The molecular weight excluding hydrogens is 318 g/mol. The summed E-state index contributed by atoms with van der Waals surface area (Å²) in [5.74, 6) is -0.197. The fraction of sp³-hybridized carbons (Fsp3) is 0.500. The maximum absolute atomic E-state index is 12.2. The minimum Gasteiger partial charge on any atom is -0.305 e. The lowest BCUT2D eigenvalue weighted by Crippen LogP contribution is -2.31. The summed E-state index contributed by atoms with van der Waals surface area (Å²) in [6.07, 6.45) is 1.99. The van der Waals surface area contributed by atoms with Gasteiger partial charge in [-0.3, -0.25) is 9.59 Å². The largest absolute Gasteiger partial charge is 0.305 e. The van der Waals surface area contributed by atoms with Crippen LogP contribution in [-0.4, -0.2) is 23.6 Å². The average Bonchev–Trinajstić information content (AvgIpc) is 2.60. The Morgan fingerprint density at radius 1 is 1.20 bits per heavy atom. The molecule has 4 heteroatoms. The van der Waals surface area contributed by atoms with Crippen molar-refractivity contribution in [1.29, 1.82) is 0 Å². The molecule has 108 valence electrons. The van der Waals surface area contributed by atoms with Gasteiger partial charge < -0.3 is 4.90 Å². The number of alkyl halides is 1. The van der Waals surface area contributed by atoms with E-state index in [9.17, 15) is 9.59 Å². The molecule has 20 heavy (non-hydrogen) atoms. The number of carbonyl (C=O) groups is 2. The topological polar surface area (TPSA) is 37.4 Å². The van der Waals surface area contributed by atoms with Gasteiger partial charge in [0.2, 0.25) is 0 Å². The first-order chi connectivity index (χ1) is 9.45. The van der Waals surface area contributed by atoms with Crippen molar-refractivity contribution in [3.05, 3.63) is 28.8 Å². The first-order valence-electron chi connectivity index (χ1n) is 6.99. The third-order valence-corrected chi connectivity index (χ3v) is 4.32. The Morgan fingerprint density at radius 2 is 1.90 bits per heavy atom. The number of carbonyl (C=O) groups excluding carboxylic acids is 2. The fourth-order valence-corrected chi connectivity index (χ4v) is 3.48. The molecule has 0 aliphatic carbocycles. The number of hydrogen-bond donors (Lipinski definition) is 0. The zero-order valence-electron chi connectivity index (χ0n) is 12.2. The highest BCUT2D eigenvalue weighted by Crippen LogP contribution is 2.33. The molecule has 0 bridgehead atoms. The van der Waals surface area contributed by atoms with Gasteiger partial charge >= 0.3 is 0 Å². The Balaban J connectivity index is 2.24. The van der Waals surface area contributed by atoms with Gasteiger partial charge in [-0.15, -0.1) is 0 Å². The first-order valence-corrected chi connectivity index (χ1v) is 8.11. The SMILES string of the molecule is Cc1cc(C)c2c(c1)N(CCC(C)CCBr)C(=O)C2=O. The standard InChI is InChI=1S/C16H20BrNO2/c1-10(4-6-17)5-7-18-13-9-11(2)8-12(3)14(13)15(19)16(18)20/h8-10H,4-7H2,1-3H3. The van der Waals surface area contributed by atoms with Crippen LogP contribution in [0.2, 0.25) is 0 Å². The summed E-state index contributed by atoms with van der Waals surface area (Å²) in [4.78, 5) is 25.9. The molecule has 1 atom stereocenters. The van der Waals surface area contributed by atoms with E-state index in [1.54, 1.807) is 4.90 Å². The van der Waals surface area contributed by atoms with E-state index < -0.39 is 0 Å². The average molecular weight is 338 g/mol. The highest BCUT2D eigenvalue weighted by molar-refractivity contribution is 9.09. The summed E-state index contributed by atoms with van der Waals surface area (Å²) in [6, 6.07) is 3.90. The monoisotopic (exact) mass is 337 g/mol. The van der Waals surface area contributed by atoms with Crippen LogP contribution in [0.15, 0.2) is 12.1 Å². The maximum Gasteiger partial charge on any atom is 0.299 e. The highest BCUT2D eigenvalue weighted by atomic mass is 79.9. The molecule has 0 fully saturated rings. The molecule has 1 aliphatic heterocycles. The Kier molecular flexibility index (Phi) is 4.63. The van der Waals surface area contributed by atoms with Gasteiger partial charge in [-0.25, -0.2) is 0 Å². The van der Waals surface area contributed by atoms with Crippen LogP contribution in [0.25, 0.3) is 0 Å². The number of ketones is 1. The lowest BCUT2D eigenvalue weighted by atomic mass is 10.0. The summed E-state index contributed by atoms with van der Waals surface area (Å²) in [6.45, 7) is 6.68. The van der Waals surface area contributed by atoms with E-state index in [1.807, 2.05) is 26.0 Å². The van der Waals surface area contributed by atoms with Crippen molar-refractivity contribution < 1.29 is 9.59 Å². The maximum atomic E-state index is 12.2. The van der Waals surface area contributed by atoms with Gasteiger partial charge in [0, 0.05) is 11.9 Å². The number of amides is 1. The summed E-state index contributed by atoms with van der Waals surface area (Å²) >= 11 is 3.44. The molecule has 1 heterocycles. The molecule has 1 aromatic carbocycles. The number of benzene rings is 1. The Labute approximate surface area is 128 Å². The second-order valence-electron chi connectivity index (χ2n) is 5.63. The van der Waals surface area contributed by atoms with Crippen LogP contribution in [0.1, 0.15) is 41.3 Å². The molecule has 1 aliphatic rings. The zero-order chi connectivity index (χ0) is 14.9. The number of Topliss-reactive ketones (excluding diaryl/α,β-unsaturated/α-hetero) is 1. The number of halogens is 1. The molecule has 2 rings (SSSR count). The second kappa shape index (κ2) is 6.08. The van der Waals surface area contributed by atoms with Crippen molar-refractivity contribution in [3.63, 3.8) is 0 Å². The number of fused-ring (bicyclic) bond motifs is 1. The van der Waals surface area contributed by atoms with Crippen LogP contribution in [0.4, 0.5) is 5.69 Å². The van der Waals surface area contributed by atoms with Crippen LogP contribution < -0.4 is 4.90 Å². The van der Waals surface area contributed by atoms with E-state index in [4.69, 9.17) is 0 Å². The predicted octanol–water partition coefficient (Wildman–Crippen LogP) is 3.64. The lowest BCUT2D eigenvalue weighted by Gasteiger charge is -2.19. The summed E-state index contributed by atoms with van der Waals surface area (Å²) in [7, 11) is 0. The third kappa shape index (κ3) is 2.80. The molecule has 0 spiro atoms. The van der Waals surface area contributed by atoms with Crippen molar-refractivity contribution in [2.75, 3.05) is 16.8 Å². The minimum atomic E-state index is -0.375. The summed E-state index contributed by atoms with van der Waals surface area (Å²) in [5.41, 5.74) is 3.37. The van der Waals surface area contributed by atoms with E-state index in [1.165, 1.54) is 0 Å². The molecular formula is C16H20BrNO2. The van der Waals surface area contributed by atoms with Crippen LogP contribution in [0.5, 0.6) is 0 Å². The summed E-state index contributed by atoms with van der Waals surface area (Å²) in [5, 5.41) is 0.968. The Bertz CT molecular complexity index is 554. The molecule has 0 saturated heterocycles. The number of nitrogens with zero attached hydrogens (tertiary/aromatic N) is 1. The van der Waals surface area contributed by atoms with E-state index in [0.29, 0.717) is 18.0 Å². The Morgan fingerprint density at radius 3 is 2.55 bits per heavy atom. The van der Waals surface area contributed by atoms with E-state index in [0.717, 1.165) is 35.0 Å². The third-order valence-electron chi connectivity index (χ3n) is 3.86. The van der Waals surface area contributed by atoms with Crippen LogP contribution in [-0.2, 0) is 4.79 Å². The fourth-order valence-electron chi connectivity index (χ4n) is 2.69. The molecule has 0 radical (unpaired) electrons. The molecule has 1 unspecified atom stereocenters. The van der Waals surface area contributed by atoms with Gasteiger partial charge in [0.15, 0.2) is 0 Å².